The summed E-state index contributed by atoms with van der Waals surface area (Å²) in [5.41, 5.74) is 15.6. The third-order valence-electron chi connectivity index (χ3n) is 5.42. The number of hydrogen-bond acceptors (Lipinski definition) is 6. The van der Waals surface area contributed by atoms with Gasteiger partial charge in [-0.1, -0.05) is 12.1 Å². The number of nitrogens with zero attached hydrogens (tertiary/aromatic N) is 3. The SMILES string of the molecule is CN1CC(N)C(NC(=O)c2ccccn2)CC1c1ccc2nccc(N)c2c1. The Morgan fingerprint density at radius 3 is 2.82 bits per heavy atom. The van der Waals surface area contributed by atoms with Gasteiger partial charge in [0.1, 0.15) is 5.69 Å². The molecule has 3 unspecified atom stereocenters. The van der Waals surface area contributed by atoms with Crippen molar-refractivity contribution in [3.8, 4) is 0 Å². The Morgan fingerprint density at radius 1 is 1.18 bits per heavy atom. The van der Waals surface area contributed by atoms with Crippen LogP contribution in [0.5, 0.6) is 0 Å². The molecule has 1 amide bonds. The summed E-state index contributed by atoms with van der Waals surface area (Å²) in [5, 5.41) is 4.01. The summed E-state index contributed by atoms with van der Waals surface area (Å²) in [6.07, 6.45) is 4.04. The molecule has 2 aromatic heterocycles. The van der Waals surface area contributed by atoms with Gasteiger partial charge in [0, 0.05) is 48.1 Å². The molecule has 1 fully saturated rings. The topological polar surface area (TPSA) is 110 Å². The van der Waals surface area contributed by atoms with Crippen LogP contribution < -0.4 is 16.8 Å². The Kier molecular flexibility index (Phi) is 4.93. The average molecular weight is 376 g/mol. The lowest BCUT2D eigenvalue weighted by molar-refractivity contribution is 0.0858. The Bertz CT molecular complexity index is 993. The molecule has 0 radical (unpaired) electrons. The first kappa shape index (κ1) is 18.3. The van der Waals surface area contributed by atoms with Gasteiger partial charge in [0.25, 0.3) is 5.91 Å². The van der Waals surface area contributed by atoms with E-state index < -0.39 is 0 Å². The number of aromatic nitrogens is 2. The lowest BCUT2D eigenvalue weighted by atomic mass is 9.88. The highest BCUT2D eigenvalue weighted by atomic mass is 16.1. The molecule has 0 bridgehead atoms. The number of nitrogens with two attached hydrogens (primary N) is 2. The van der Waals surface area contributed by atoms with Crippen LogP contribution in [0.3, 0.4) is 0 Å². The predicted octanol–water partition coefficient (Wildman–Crippen LogP) is 1.71. The number of carbonyl (C=O) groups excluding carboxylic acids is 1. The lowest BCUT2D eigenvalue weighted by Crippen LogP contribution is -2.57. The lowest BCUT2D eigenvalue weighted by Gasteiger charge is -2.41. The van der Waals surface area contributed by atoms with Crippen molar-refractivity contribution in [1.82, 2.24) is 20.2 Å². The normalized spacial score (nSPS) is 22.9. The first-order valence-corrected chi connectivity index (χ1v) is 9.35. The second kappa shape index (κ2) is 7.53. The highest BCUT2D eigenvalue weighted by Crippen LogP contribution is 2.32. The summed E-state index contributed by atoms with van der Waals surface area (Å²) in [7, 11) is 2.05. The van der Waals surface area contributed by atoms with Crippen molar-refractivity contribution in [3.63, 3.8) is 0 Å². The van der Waals surface area contributed by atoms with E-state index in [1.807, 2.05) is 12.1 Å². The van der Waals surface area contributed by atoms with Gasteiger partial charge in [-0.2, -0.15) is 0 Å². The molecule has 1 saturated heterocycles. The minimum Gasteiger partial charge on any atom is -0.398 e. The number of hydrogen-bond donors (Lipinski definition) is 3. The summed E-state index contributed by atoms with van der Waals surface area (Å²) in [4.78, 5) is 23.2. The van der Waals surface area contributed by atoms with Gasteiger partial charge in [0.05, 0.1) is 5.52 Å². The van der Waals surface area contributed by atoms with Gasteiger partial charge in [0.2, 0.25) is 0 Å². The first-order chi connectivity index (χ1) is 13.5. The molecule has 1 aliphatic heterocycles. The largest absolute Gasteiger partial charge is 0.398 e. The van der Waals surface area contributed by atoms with Crippen molar-refractivity contribution in [2.45, 2.75) is 24.5 Å². The number of pyridine rings is 2. The zero-order chi connectivity index (χ0) is 19.7. The molecule has 7 nitrogen and oxygen atoms in total. The van der Waals surface area contributed by atoms with Gasteiger partial charge >= 0.3 is 0 Å². The van der Waals surface area contributed by atoms with Crippen LogP contribution >= 0.6 is 0 Å². The standard InChI is InChI=1S/C21H24N6O/c1-27-12-16(23)19(26-21(28)18-4-2-3-8-24-18)11-20(27)13-5-6-17-14(10-13)15(22)7-9-25-17/h2-10,16,19-20H,11-12,23H2,1H3,(H2,22,25)(H,26,28). The highest BCUT2D eigenvalue weighted by Gasteiger charge is 2.34. The second-order valence-electron chi connectivity index (χ2n) is 7.33. The minimum absolute atomic E-state index is 0.123. The third-order valence-corrected chi connectivity index (χ3v) is 5.42. The van der Waals surface area contributed by atoms with Crippen LogP contribution in [0, 0.1) is 0 Å². The molecule has 7 heteroatoms. The molecule has 0 saturated carbocycles. The van der Waals surface area contributed by atoms with Crippen molar-refractivity contribution in [1.29, 1.82) is 0 Å². The van der Waals surface area contributed by atoms with Gasteiger partial charge < -0.3 is 16.8 Å². The number of piperidine rings is 1. The fourth-order valence-corrected chi connectivity index (χ4v) is 3.87. The molecule has 3 atom stereocenters. The highest BCUT2D eigenvalue weighted by molar-refractivity contribution is 5.92. The van der Waals surface area contributed by atoms with E-state index >= 15 is 0 Å². The van der Waals surface area contributed by atoms with Crippen molar-refractivity contribution >= 4 is 22.5 Å². The number of anilines is 1. The monoisotopic (exact) mass is 376 g/mol. The van der Waals surface area contributed by atoms with E-state index in [2.05, 4.69) is 39.4 Å². The number of likely N-dealkylation sites (N-methyl/N-ethyl adjacent to an activating group) is 1. The molecule has 3 aromatic rings. The number of rotatable bonds is 3. The number of amides is 1. The van der Waals surface area contributed by atoms with Crippen molar-refractivity contribution < 1.29 is 4.79 Å². The number of nitrogens with one attached hydrogen (secondary N) is 1. The van der Waals surface area contributed by atoms with Crippen molar-refractivity contribution in [3.05, 3.63) is 66.1 Å². The molecule has 0 aliphatic carbocycles. The van der Waals surface area contributed by atoms with Crippen molar-refractivity contribution in [2.75, 3.05) is 19.3 Å². The number of carbonyl (C=O) groups is 1. The summed E-state index contributed by atoms with van der Waals surface area (Å²) in [5.74, 6) is -0.198. The van der Waals surface area contributed by atoms with Crippen LogP contribution in [0.25, 0.3) is 10.9 Å². The number of nitrogen functional groups attached to an aromatic ring is 1. The molecule has 28 heavy (non-hydrogen) atoms. The third kappa shape index (κ3) is 3.54. The molecule has 144 valence electrons. The molecule has 0 spiro atoms. The van der Waals surface area contributed by atoms with E-state index in [9.17, 15) is 4.79 Å². The van der Waals surface area contributed by atoms with Gasteiger partial charge in [-0.3, -0.25) is 19.7 Å². The van der Waals surface area contributed by atoms with E-state index in [1.54, 1.807) is 30.6 Å². The van der Waals surface area contributed by atoms with Crippen LogP contribution in [0.15, 0.2) is 54.9 Å². The zero-order valence-electron chi connectivity index (χ0n) is 15.7. The summed E-state index contributed by atoms with van der Waals surface area (Å²) in [6.45, 7) is 0.679. The average Bonchev–Trinajstić information content (AvgIpc) is 2.71. The van der Waals surface area contributed by atoms with Crippen LogP contribution in [0.2, 0.25) is 0 Å². The van der Waals surface area contributed by atoms with Gasteiger partial charge in [0.15, 0.2) is 0 Å². The first-order valence-electron chi connectivity index (χ1n) is 9.35. The molecule has 5 N–H and O–H groups in total. The summed E-state index contributed by atoms with van der Waals surface area (Å²) < 4.78 is 0. The Morgan fingerprint density at radius 2 is 2.04 bits per heavy atom. The van der Waals surface area contributed by atoms with Crippen LogP contribution in [-0.4, -0.2) is 46.5 Å². The summed E-state index contributed by atoms with van der Waals surface area (Å²) in [6, 6.07) is 13.1. The maximum Gasteiger partial charge on any atom is 0.270 e. The number of fused-ring (bicyclic) bond motifs is 1. The van der Waals surface area contributed by atoms with E-state index in [1.165, 1.54) is 0 Å². The molecular formula is C21H24N6O. The van der Waals surface area contributed by atoms with Crippen LogP contribution in [-0.2, 0) is 0 Å². The Labute approximate surface area is 163 Å². The fourth-order valence-electron chi connectivity index (χ4n) is 3.87. The maximum absolute atomic E-state index is 12.5. The number of benzene rings is 1. The van der Waals surface area contributed by atoms with Crippen LogP contribution in [0.1, 0.15) is 28.5 Å². The minimum atomic E-state index is -0.198. The predicted molar refractivity (Wildman–Crippen MR) is 110 cm³/mol. The zero-order valence-corrected chi connectivity index (χ0v) is 15.7. The second-order valence-corrected chi connectivity index (χ2v) is 7.33. The Balaban J connectivity index is 1.58. The summed E-state index contributed by atoms with van der Waals surface area (Å²) >= 11 is 0. The smallest absolute Gasteiger partial charge is 0.270 e. The molecule has 1 aromatic carbocycles. The van der Waals surface area contributed by atoms with E-state index in [-0.39, 0.29) is 24.0 Å². The van der Waals surface area contributed by atoms with Crippen LogP contribution in [0.4, 0.5) is 5.69 Å². The molecule has 3 heterocycles. The van der Waals surface area contributed by atoms with E-state index in [0.29, 0.717) is 24.3 Å². The van der Waals surface area contributed by atoms with Crippen molar-refractivity contribution in [2.24, 2.45) is 5.73 Å². The van der Waals surface area contributed by atoms with Gasteiger partial charge in [-0.05, 0) is 49.4 Å². The molecule has 1 aliphatic rings. The molecule has 4 rings (SSSR count). The van der Waals surface area contributed by atoms with Gasteiger partial charge in [-0.25, -0.2) is 0 Å². The van der Waals surface area contributed by atoms with E-state index in [0.717, 1.165) is 16.5 Å². The quantitative estimate of drug-likeness (QED) is 0.642. The number of likely N-dealkylation sites (tertiary alicyclic amines) is 1. The fraction of sp³-hybridized carbons (Fsp3) is 0.286. The molecular weight excluding hydrogens is 352 g/mol. The Hall–Kier alpha value is -3.03. The van der Waals surface area contributed by atoms with E-state index in [4.69, 9.17) is 11.5 Å². The van der Waals surface area contributed by atoms with Gasteiger partial charge in [-0.15, -0.1) is 0 Å². The maximum atomic E-state index is 12.5.